The number of amides is 2. The summed E-state index contributed by atoms with van der Waals surface area (Å²) in [6, 6.07) is 7.89. The molecule has 0 saturated carbocycles. The molecular weight excluding hydrogens is 302 g/mol. The van der Waals surface area contributed by atoms with Crippen LogP contribution in [-0.4, -0.2) is 30.2 Å². The van der Waals surface area contributed by atoms with E-state index >= 15 is 0 Å². The van der Waals surface area contributed by atoms with Crippen LogP contribution in [0.1, 0.15) is 11.3 Å². The number of aromatic hydroxyl groups is 1. The molecular formula is C15H15N3O5. The van der Waals surface area contributed by atoms with E-state index in [4.69, 9.17) is 9.15 Å². The van der Waals surface area contributed by atoms with E-state index in [0.717, 1.165) is 0 Å². The summed E-state index contributed by atoms with van der Waals surface area (Å²) in [7, 11) is 1.42. The molecule has 0 radical (unpaired) electrons. The smallest absolute Gasteiger partial charge is 0.329 e. The van der Waals surface area contributed by atoms with Crippen molar-refractivity contribution in [3.05, 3.63) is 47.9 Å². The van der Waals surface area contributed by atoms with E-state index in [9.17, 15) is 14.7 Å². The molecule has 1 aromatic carbocycles. The van der Waals surface area contributed by atoms with Crippen molar-refractivity contribution in [2.75, 3.05) is 7.11 Å². The predicted octanol–water partition coefficient (Wildman–Crippen LogP) is 0.760. The third-order valence-corrected chi connectivity index (χ3v) is 2.79. The highest BCUT2D eigenvalue weighted by molar-refractivity contribution is 6.35. The zero-order valence-corrected chi connectivity index (χ0v) is 12.3. The number of phenolic OH excluding ortho intramolecular Hbond substituents is 1. The van der Waals surface area contributed by atoms with Gasteiger partial charge in [0.2, 0.25) is 0 Å². The first-order valence-corrected chi connectivity index (χ1v) is 6.61. The van der Waals surface area contributed by atoms with Gasteiger partial charge in [-0.15, -0.1) is 0 Å². The van der Waals surface area contributed by atoms with E-state index in [-0.39, 0.29) is 18.0 Å². The van der Waals surface area contributed by atoms with Gasteiger partial charge in [-0.2, -0.15) is 5.10 Å². The molecule has 8 heteroatoms. The van der Waals surface area contributed by atoms with Crippen molar-refractivity contribution < 1.29 is 23.8 Å². The van der Waals surface area contributed by atoms with Gasteiger partial charge in [0.15, 0.2) is 11.5 Å². The predicted molar refractivity (Wildman–Crippen MR) is 81.0 cm³/mol. The van der Waals surface area contributed by atoms with Gasteiger partial charge in [-0.25, -0.2) is 5.43 Å². The lowest BCUT2D eigenvalue weighted by Crippen LogP contribution is -2.37. The minimum Gasteiger partial charge on any atom is -0.504 e. The number of hydrogen-bond acceptors (Lipinski definition) is 6. The summed E-state index contributed by atoms with van der Waals surface area (Å²) in [6.45, 7) is 0.109. The molecule has 0 atom stereocenters. The lowest BCUT2D eigenvalue weighted by molar-refractivity contribution is -0.139. The van der Waals surface area contributed by atoms with Crippen LogP contribution in [0.5, 0.6) is 11.5 Å². The zero-order valence-electron chi connectivity index (χ0n) is 12.3. The normalized spacial score (nSPS) is 10.5. The van der Waals surface area contributed by atoms with Crippen LogP contribution in [0, 0.1) is 0 Å². The maximum Gasteiger partial charge on any atom is 0.329 e. The molecule has 2 rings (SSSR count). The lowest BCUT2D eigenvalue weighted by Gasteiger charge is -2.03. The Labute approximate surface area is 131 Å². The van der Waals surface area contributed by atoms with E-state index in [2.05, 4.69) is 15.8 Å². The Kier molecular flexibility index (Phi) is 5.35. The van der Waals surface area contributed by atoms with Crippen LogP contribution in [0.3, 0.4) is 0 Å². The molecule has 2 amide bonds. The van der Waals surface area contributed by atoms with Gasteiger partial charge >= 0.3 is 11.8 Å². The van der Waals surface area contributed by atoms with Crippen LogP contribution in [0.2, 0.25) is 0 Å². The second kappa shape index (κ2) is 7.64. The number of nitrogens with zero attached hydrogens (tertiary/aromatic N) is 1. The maximum absolute atomic E-state index is 11.5. The van der Waals surface area contributed by atoms with Crippen molar-refractivity contribution in [1.82, 2.24) is 10.7 Å². The van der Waals surface area contributed by atoms with Gasteiger partial charge in [-0.1, -0.05) is 0 Å². The molecule has 0 bridgehead atoms. The molecule has 3 N–H and O–H groups in total. The number of carbonyl (C=O) groups is 2. The Bertz CT molecular complexity index is 710. The molecule has 0 spiro atoms. The topological polar surface area (TPSA) is 113 Å². The fourth-order valence-electron chi connectivity index (χ4n) is 1.65. The highest BCUT2D eigenvalue weighted by Crippen LogP contribution is 2.25. The van der Waals surface area contributed by atoms with Gasteiger partial charge in [0.05, 0.1) is 26.1 Å². The second-order valence-electron chi connectivity index (χ2n) is 4.39. The van der Waals surface area contributed by atoms with Gasteiger partial charge < -0.3 is 19.6 Å². The highest BCUT2D eigenvalue weighted by atomic mass is 16.5. The van der Waals surface area contributed by atoms with Crippen molar-refractivity contribution in [3.8, 4) is 11.5 Å². The second-order valence-corrected chi connectivity index (χ2v) is 4.39. The van der Waals surface area contributed by atoms with E-state index in [1.807, 2.05) is 0 Å². The van der Waals surface area contributed by atoms with Gasteiger partial charge in [0.25, 0.3) is 0 Å². The highest BCUT2D eigenvalue weighted by Gasteiger charge is 2.12. The number of rotatable bonds is 5. The van der Waals surface area contributed by atoms with Crippen LogP contribution >= 0.6 is 0 Å². The van der Waals surface area contributed by atoms with Gasteiger partial charge in [0.1, 0.15) is 5.76 Å². The summed E-state index contributed by atoms with van der Waals surface area (Å²) in [6.07, 6.45) is 2.79. The molecule has 0 aliphatic heterocycles. The first kappa shape index (κ1) is 16.1. The molecule has 0 aliphatic rings. The number of hydrazone groups is 1. The first-order valence-electron chi connectivity index (χ1n) is 6.61. The minimum atomic E-state index is -0.904. The Morgan fingerprint density at radius 1 is 1.35 bits per heavy atom. The Balaban J connectivity index is 1.84. The van der Waals surface area contributed by atoms with Crippen LogP contribution in [0.15, 0.2) is 46.1 Å². The Hall–Kier alpha value is -3.29. The van der Waals surface area contributed by atoms with E-state index in [1.54, 1.807) is 18.2 Å². The van der Waals surface area contributed by atoms with Crippen molar-refractivity contribution in [1.29, 1.82) is 0 Å². The average molecular weight is 317 g/mol. The standard InChI is InChI=1S/C15H15N3O5/c1-22-13-7-10(4-5-12(13)19)8-17-18-15(21)14(20)16-9-11-3-2-6-23-11/h2-8,19H,9H2,1H3,(H,16,20)(H,18,21)/b17-8+. The molecule has 0 unspecified atom stereocenters. The molecule has 2 aromatic rings. The van der Waals surface area contributed by atoms with Crippen LogP contribution in [0.25, 0.3) is 0 Å². The number of furan rings is 1. The first-order chi connectivity index (χ1) is 11.1. The molecule has 23 heavy (non-hydrogen) atoms. The zero-order chi connectivity index (χ0) is 16.7. The van der Waals surface area contributed by atoms with Gasteiger partial charge in [-0.3, -0.25) is 9.59 Å². The lowest BCUT2D eigenvalue weighted by atomic mass is 10.2. The molecule has 0 aliphatic carbocycles. The molecule has 0 saturated heterocycles. The number of nitrogens with one attached hydrogen (secondary N) is 2. The summed E-state index contributed by atoms with van der Waals surface area (Å²) < 4.78 is 9.97. The van der Waals surface area contributed by atoms with E-state index in [0.29, 0.717) is 11.3 Å². The molecule has 1 heterocycles. The number of carbonyl (C=O) groups excluding carboxylic acids is 2. The average Bonchev–Trinajstić information content (AvgIpc) is 3.07. The van der Waals surface area contributed by atoms with Crippen molar-refractivity contribution in [3.63, 3.8) is 0 Å². The van der Waals surface area contributed by atoms with Gasteiger partial charge in [0, 0.05) is 0 Å². The Morgan fingerprint density at radius 2 is 2.17 bits per heavy atom. The summed E-state index contributed by atoms with van der Waals surface area (Å²) in [4.78, 5) is 23.1. The quantitative estimate of drug-likeness (QED) is 0.428. The summed E-state index contributed by atoms with van der Waals surface area (Å²) in [5.41, 5.74) is 2.68. The minimum absolute atomic E-state index is 0.00834. The van der Waals surface area contributed by atoms with Crippen molar-refractivity contribution >= 4 is 18.0 Å². The molecule has 8 nitrogen and oxygen atoms in total. The fraction of sp³-hybridized carbons (Fsp3) is 0.133. The van der Waals surface area contributed by atoms with E-state index in [1.165, 1.54) is 31.7 Å². The molecule has 120 valence electrons. The number of hydrogen-bond donors (Lipinski definition) is 3. The summed E-state index contributed by atoms with van der Waals surface area (Å²) in [5, 5.41) is 15.5. The SMILES string of the molecule is COc1cc(/C=N/NC(=O)C(=O)NCc2ccco2)ccc1O. The summed E-state index contributed by atoms with van der Waals surface area (Å²) in [5.74, 6) is -0.936. The van der Waals surface area contributed by atoms with Gasteiger partial charge in [-0.05, 0) is 35.9 Å². The molecule has 1 aromatic heterocycles. The fourth-order valence-corrected chi connectivity index (χ4v) is 1.65. The number of ether oxygens (including phenoxy) is 1. The largest absolute Gasteiger partial charge is 0.504 e. The number of benzene rings is 1. The van der Waals surface area contributed by atoms with Crippen LogP contribution < -0.4 is 15.5 Å². The third kappa shape index (κ3) is 4.60. The van der Waals surface area contributed by atoms with E-state index < -0.39 is 11.8 Å². The summed E-state index contributed by atoms with van der Waals surface area (Å²) >= 11 is 0. The van der Waals surface area contributed by atoms with Crippen LogP contribution in [0.4, 0.5) is 0 Å². The Morgan fingerprint density at radius 3 is 2.87 bits per heavy atom. The maximum atomic E-state index is 11.5. The third-order valence-electron chi connectivity index (χ3n) is 2.79. The van der Waals surface area contributed by atoms with Crippen molar-refractivity contribution in [2.24, 2.45) is 5.10 Å². The van der Waals surface area contributed by atoms with Crippen molar-refractivity contribution in [2.45, 2.75) is 6.54 Å². The number of phenols is 1. The number of methoxy groups -OCH3 is 1. The monoisotopic (exact) mass is 317 g/mol. The van der Waals surface area contributed by atoms with Crippen LogP contribution in [-0.2, 0) is 16.1 Å². The molecule has 0 fully saturated rings.